The fraction of sp³-hybridized carbons (Fsp3) is 0.385. The fourth-order valence-electron chi connectivity index (χ4n) is 4.71. The minimum atomic E-state index is -0.336. The van der Waals surface area contributed by atoms with Crippen molar-refractivity contribution in [1.82, 2.24) is 19.1 Å². The van der Waals surface area contributed by atoms with Gasteiger partial charge in [-0.3, -0.25) is 13.9 Å². The van der Waals surface area contributed by atoms with Crippen LogP contribution in [0.1, 0.15) is 49.6 Å². The van der Waals surface area contributed by atoms with E-state index in [1.165, 1.54) is 28.3 Å². The predicted octanol–water partition coefficient (Wildman–Crippen LogP) is 4.53. The number of hydrogen-bond acceptors (Lipinski definition) is 7. The van der Waals surface area contributed by atoms with Crippen molar-refractivity contribution in [3.63, 3.8) is 0 Å². The molecule has 0 amide bonds. The smallest absolute Gasteiger partial charge is 0.331 e. The lowest BCUT2D eigenvalue weighted by Crippen LogP contribution is -2.39. The Labute approximate surface area is 217 Å². The summed E-state index contributed by atoms with van der Waals surface area (Å²) in [5.74, 6) is 0.743. The second-order valence-electron chi connectivity index (χ2n) is 9.59. The van der Waals surface area contributed by atoms with Gasteiger partial charge in [-0.25, -0.2) is 14.8 Å². The Bertz CT molecular complexity index is 1560. The van der Waals surface area contributed by atoms with Crippen LogP contribution in [0.5, 0.6) is 5.75 Å². The van der Waals surface area contributed by atoms with Crippen molar-refractivity contribution >= 4 is 33.2 Å². The monoisotopic (exact) mass is 525 g/mol. The molecule has 3 aromatic heterocycles. The van der Waals surface area contributed by atoms with Gasteiger partial charge in [0.2, 0.25) is 0 Å². The number of nitrogens with two attached hydrogens (primary N) is 1. The van der Waals surface area contributed by atoms with Crippen molar-refractivity contribution in [1.29, 1.82) is 0 Å². The Hall–Kier alpha value is -3.01. The molecule has 10 heteroatoms. The molecule has 0 radical (unpaired) electrons. The van der Waals surface area contributed by atoms with Crippen LogP contribution in [-0.4, -0.2) is 31.2 Å². The first-order chi connectivity index (χ1) is 17.2. The van der Waals surface area contributed by atoms with Gasteiger partial charge in [0.15, 0.2) is 0 Å². The van der Waals surface area contributed by atoms with E-state index in [1.54, 1.807) is 10.8 Å². The number of fused-ring (bicyclic) bond motifs is 1. The maximum absolute atomic E-state index is 12.9. The van der Waals surface area contributed by atoms with E-state index in [0.717, 1.165) is 51.2 Å². The molecule has 0 spiro atoms. The molecule has 0 aliphatic heterocycles. The van der Waals surface area contributed by atoms with Crippen LogP contribution in [0.4, 0.5) is 0 Å². The standard InChI is InChI=1S/C26H28ClN5O3S/c1-14(2)31-7-6-22(33)32(26(31)34)12-19-11-21-25(36-19)23(30-13-29-21)20-9-16(27)8-15(3)24(20)35-18-5-4-17(28)10-18/h6-9,11,13-14,17-18H,4-5,10,12,28H2,1-3H3/t17-,18-/m0/s1. The van der Waals surface area contributed by atoms with Gasteiger partial charge in [0.05, 0.1) is 22.5 Å². The van der Waals surface area contributed by atoms with Gasteiger partial charge in [-0.05, 0) is 63.8 Å². The van der Waals surface area contributed by atoms with E-state index in [0.29, 0.717) is 10.7 Å². The average Bonchev–Trinajstić information content (AvgIpc) is 3.43. The first-order valence-corrected chi connectivity index (χ1v) is 13.2. The highest BCUT2D eigenvalue weighted by Gasteiger charge is 2.26. The summed E-state index contributed by atoms with van der Waals surface area (Å²) >= 11 is 7.92. The van der Waals surface area contributed by atoms with Crippen molar-refractivity contribution in [2.45, 2.75) is 64.8 Å². The first kappa shape index (κ1) is 24.7. The van der Waals surface area contributed by atoms with Crippen LogP contribution in [0.3, 0.4) is 0 Å². The molecule has 0 saturated heterocycles. The number of rotatable bonds is 6. The summed E-state index contributed by atoms with van der Waals surface area (Å²) < 4.78 is 10.1. The Morgan fingerprint density at radius 3 is 2.75 bits per heavy atom. The highest BCUT2D eigenvalue weighted by atomic mass is 35.5. The lowest BCUT2D eigenvalue weighted by Gasteiger charge is -2.19. The van der Waals surface area contributed by atoms with Gasteiger partial charge in [-0.15, -0.1) is 11.3 Å². The summed E-state index contributed by atoms with van der Waals surface area (Å²) in [5, 5.41) is 0.589. The number of aryl methyl sites for hydroxylation is 1. The van der Waals surface area contributed by atoms with Crippen molar-refractivity contribution in [3.05, 3.63) is 73.1 Å². The van der Waals surface area contributed by atoms with Crippen LogP contribution >= 0.6 is 22.9 Å². The zero-order valence-electron chi connectivity index (χ0n) is 20.4. The van der Waals surface area contributed by atoms with E-state index in [2.05, 4.69) is 9.97 Å². The molecular weight excluding hydrogens is 498 g/mol. The molecule has 1 aromatic carbocycles. The van der Waals surface area contributed by atoms with Crippen LogP contribution < -0.4 is 21.7 Å². The topological polar surface area (TPSA) is 105 Å². The molecule has 1 fully saturated rings. The number of aromatic nitrogens is 4. The number of benzene rings is 1. The van der Waals surface area contributed by atoms with Crippen molar-refractivity contribution in [2.75, 3.05) is 0 Å². The summed E-state index contributed by atoms with van der Waals surface area (Å²) in [6.45, 7) is 5.94. The van der Waals surface area contributed by atoms with Crippen molar-refractivity contribution < 1.29 is 4.74 Å². The fourth-order valence-corrected chi connectivity index (χ4v) is 6.08. The highest BCUT2D eigenvalue weighted by Crippen LogP contribution is 2.41. The molecular formula is C26H28ClN5O3S. The van der Waals surface area contributed by atoms with E-state index >= 15 is 0 Å². The normalized spacial score (nSPS) is 17.8. The summed E-state index contributed by atoms with van der Waals surface area (Å²) in [4.78, 5) is 35.3. The number of hydrogen-bond donors (Lipinski definition) is 1. The van der Waals surface area contributed by atoms with Gasteiger partial charge in [0.1, 0.15) is 18.2 Å². The Morgan fingerprint density at radius 1 is 1.22 bits per heavy atom. The van der Waals surface area contributed by atoms with Crippen LogP contribution in [0.15, 0.2) is 46.4 Å². The van der Waals surface area contributed by atoms with E-state index in [1.807, 2.05) is 39.0 Å². The summed E-state index contributed by atoms with van der Waals surface area (Å²) in [6, 6.07) is 7.17. The van der Waals surface area contributed by atoms with E-state index in [9.17, 15) is 9.59 Å². The minimum absolute atomic E-state index is 0.0444. The SMILES string of the molecule is Cc1cc(Cl)cc(-c2ncnc3cc(Cn4c(=O)ccn(C(C)C)c4=O)sc23)c1O[C@H]1CC[C@H](N)C1. The van der Waals surface area contributed by atoms with E-state index in [-0.39, 0.29) is 36.0 Å². The predicted molar refractivity (Wildman–Crippen MR) is 143 cm³/mol. The van der Waals surface area contributed by atoms with E-state index < -0.39 is 0 Å². The van der Waals surface area contributed by atoms with E-state index in [4.69, 9.17) is 22.1 Å². The molecule has 0 bridgehead atoms. The van der Waals surface area contributed by atoms with Gasteiger partial charge >= 0.3 is 5.69 Å². The molecule has 1 aliphatic rings. The van der Waals surface area contributed by atoms with Crippen LogP contribution in [-0.2, 0) is 6.54 Å². The second kappa shape index (κ2) is 9.80. The van der Waals surface area contributed by atoms with Crippen LogP contribution in [0.2, 0.25) is 5.02 Å². The molecule has 1 saturated carbocycles. The molecule has 1 aliphatic carbocycles. The summed E-state index contributed by atoms with van der Waals surface area (Å²) in [7, 11) is 0. The number of ether oxygens (including phenoxy) is 1. The molecule has 36 heavy (non-hydrogen) atoms. The molecule has 0 unspecified atom stereocenters. The van der Waals surface area contributed by atoms with Crippen LogP contribution in [0, 0.1) is 6.92 Å². The molecule has 4 aromatic rings. The van der Waals surface area contributed by atoms with Gasteiger partial charge in [0, 0.05) is 39.8 Å². The molecule has 2 N–H and O–H groups in total. The number of nitrogens with zero attached hydrogens (tertiary/aromatic N) is 4. The molecule has 2 atom stereocenters. The average molecular weight is 526 g/mol. The lowest BCUT2D eigenvalue weighted by atomic mass is 10.1. The maximum atomic E-state index is 12.9. The quantitative estimate of drug-likeness (QED) is 0.396. The Kier molecular flexibility index (Phi) is 6.72. The third kappa shape index (κ3) is 4.70. The van der Waals surface area contributed by atoms with Gasteiger partial charge < -0.3 is 10.5 Å². The van der Waals surface area contributed by atoms with Crippen molar-refractivity contribution in [2.24, 2.45) is 5.73 Å². The zero-order chi connectivity index (χ0) is 25.6. The Balaban J connectivity index is 1.58. The molecule has 8 nitrogen and oxygen atoms in total. The number of halogens is 1. The summed E-state index contributed by atoms with van der Waals surface area (Å²) in [5.41, 5.74) is 8.60. The Morgan fingerprint density at radius 2 is 2.03 bits per heavy atom. The zero-order valence-corrected chi connectivity index (χ0v) is 22.0. The lowest BCUT2D eigenvalue weighted by molar-refractivity contribution is 0.208. The third-order valence-corrected chi connectivity index (χ3v) is 7.87. The largest absolute Gasteiger partial charge is 0.489 e. The first-order valence-electron chi connectivity index (χ1n) is 12.0. The minimum Gasteiger partial charge on any atom is -0.489 e. The van der Waals surface area contributed by atoms with Gasteiger partial charge in [-0.2, -0.15) is 0 Å². The van der Waals surface area contributed by atoms with Gasteiger partial charge in [0.25, 0.3) is 5.56 Å². The molecule has 5 rings (SSSR count). The van der Waals surface area contributed by atoms with Crippen molar-refractivity contribution in [3.8, 4) is 17.0 Å². The van der Waals surface area contributed by atoms with Gasteiger partial charge in [-0.1, -0.05) is 11.6 Å². The highest BCUT2D eigenvalue weighted by molar-refractivity contribution is 7.19. The maximum Gasteiger partial charge on any atom is 0.331 e. The third-order valence-electron chi connectivity index (χ3n) is 6.53. The number of thiophene rings is 1. The van der Waals surface area contributed by atoms with Crippen LogP contribution in [0.25, 0.3) is 21.5 Å². The second-order valence-corrected chi connectivity index (χ2v) is 11.2. The molecule has 3 heterocycles. The summed E-state index contributed by atoms with van der Waals surface area (Å²) in [6.07, 6.45) is 5.76. The molecule has 188 valence electrons.